The fourth-order valence-electron chi connectivity index (χ4n) is 2.44. The van der Waals surface area contributed by atoms with Crippen molar-refractivity contribution in [2.45, 2.75) is 31.6 Å². The van der Waals surface area contributed by atoms with Crippen LogP contribution < -0.4 is 0 Å². The number of nitrogens with one attached hydrogen (secondary N) is 1. The number of H-pyrrole nitrogens is 1. The SMILES string of the molecule is c1cnc2[nH]c(C3CCCC3)cc2c1. The first kappa shape index (κ1) is 8.04. The van der Waals surface area contributed by atoms with Crippen molar-refractivity contribution in [2.24, 2.45) is 0 Å². The van der Waals surface area contributed by atoms with Crippen molar-refractivity contribution < 1.29 is 0 Å². The summed E-state index contributed by atoms with van der Waals surface area (Å²) >= 11 is 0. The third kappa shape index (κ3) is 1.22. The van der Waals surface area contributed by atoms with Crippen molar-refractivity contribution in [2.75, 3.05) is 0 Å². The third-order valence-corrected chi connectivity index (χ3v) is 3.21. The Balaban J connectivity index is 2.05. The number of hydrogen-bond donors (Lipinski definition) is 1. The largest absolute Gasteiger partial charge is 0.343 e. The standard InChI is InChI=1S/C12H14N2/c1-2-5-9(4-1)11-8-10-6-3-7-13-12(10)14-11/h3,6-9H,1-2,4-5H2,(H,13,14). The van der Waals surface area contributed by atoms with Crippen molar-refractivity contribution in [1.29, 1.82) is 0 Å². The summed E-state index contributed by atoms with van der Waals surface area (Å²) in [4.78, 5) is 7.74. The first-order valence-electron chi connectivity index (χ1n) is 5.37. The average molecular weight is 186 g/mol. The van der Waals surface area contributed by atoms with Crippen LogP contribution in [-0.2, 0) is 0 Å². The number of aromatic nitrogens is 2. The number of rotatable bonds is 1. The number of fused-ring (bicyclic) bond motifs is 1. The van der Waals surface area contributed by atoms with Gasteiger partial charge in [-0.15, -0.1) is 0 Å². The molecule has 0 aliphatic heterocycles. The van der Waals surface area contributed by atoms with Gasteiger partial charge in [0.25, 0.3) is 0 Å². The van der Waals surface area contributed by atoms with Crippen LogP contribution in [0.3, 0.4) is 0 Å². The van der Waals surface area contributed by atoms with E-state index >= 15 is 0 Å². The van der Waals surface area contributed by atoms with E-state index in [1.807, 2.05) is 12.3 Å². The van der Waals surface area contributed by atoms with Gasteiger partial charge in [-0.25, -0.2) is 4.98 Å². The van der Waals surface area contributed by atoms with Crippen LogP contribution in [0, 0.1) is 0 Å². The zero-order chi connectivity index (χ0) is 9.38. The Labute approximate surface area is 83.4 Å². The lowest BCUT2D eigenvalue weighted by Crippen LogP contribution is -1.91. The van der Waals surface area contributed by atoms with Gasteiger partial charge in [-0.1, -0.05) is 12.8 Å². The highest BCUT2D eigenvalue weighted by molar-refractivity contribution is 5.76. The highest BCUT2D eigenvalue weighted by Crippen LogP contribution is 2.34. The Hall–Kier alpha value is -1.31. The maximum absolute atomic E-state index is 4.32. The summed E-state index contributed by atoms with van der Waals surface area (Å²) in [6.07, 6.45) is 7.29. The molecule has 0 amide bonds. The predicted octanol–water partition coefficient (Wildman–Crippen LogP) is 3.22. The highest BCUT2D eigenvalue weighted by atomic mass is 14.9. The van der Waals surface area contributed by atoms with Crippen LogP contribution in [0.15, 0.2) is 24.4 Å². The lowest BCUT2D eigenvalue weighted by Gasteiger charge is -2.04. The minimum Gasteiger partial charge on any atom is -0.343 e. The van der Waals surface area contributed by atoms with Crippen molar-refractivity contribution in [1.82, 2.24) is 9.97 Å². The van der Waals surface area contributed by atoms with Gasteiger partial charge in [0.1, 0.15) is 5.65 Å². The molecule has 1 N–H and O–H groups in total. The van der Waals surface area contributed by atoms with Gasteiger partial charge in [0.15, 0.2) is 0 Å². The number of aromatic amines is 1. The van der Waals surface area contributed by atoms with Gasteiger partial charge >= 0.3 is 0 Å². The first-order valence-corrected chi connectivity index (χ1v) is 5.37. The molecule has 3 rings (SSSR count). The molecular weight excluding hydrogens is 172 g/mol. The van der Waals surface area contributed by atoms with Crippen LogP contribution in [0.4, 0.5) is 0 Å². The zero-order valence-corrected chi connectivity index (χ0v) is 8.16. The smallest absolute Gasteiger partial charge is 0.137 e. The third-order valence-electron chi connectivity index (χ3n) is 3.21. The molecule has 0 unspecified atom stereocenters. The number of hydrogen-bond acceptors (Lipinski definition) is 1. The lowest BCUT2D eigenvalue weighted by atomic mass is 10.0. The molecule has 1 saturated carbocycles. The summed E-state index contributed by atoms with van der Waals surface area (Å²) < 4.78 is 0. The Kier molecular flexibility index (Phi) is 1.79. The molecule has 0 bridgehead atoms. The molecule has 0 saturated heterocycles. The van der Waals surface area contributed by atoms with Crippen LogP contribution in [0.2, 0.25) is 0 Å². The normalized spacial score (nSPS) is 18.0. The van der Waals surface area contributed by atoms with Crippen molar-refractivity contribution >= 4 is 11.0 Å². The topological polar surface area (TPSA) is 28.7 Å². The van der Waals surface area contributed by atoms with Gasteiger partial charge in [0.05, 0.1) is 0 Å². The predicted molar refractivity (Wildman–Crippen MR) is 57.3 cm³/mol. The quantitative estimate of drug-likeness (QED) is 0.727. The minimum atomic E-state index is 0.754. The van der Waals surface area contributed by atoms with E-state index in [2.05, 4.69) is 22.1 Å². The van der Waals surface area contributed by atoms with Gasteiger partial charge in [-0.05, 0) is 37.0 Å². The Morgan fingerprint density at radius 2 is 2.14 bits per heavy atom. The van der Waals surface area contributed by atoms with Gasteiger partial charge in [-0.3, -0.25) is 0 Å². The summed E-state index contributed by atoms with van der Waals surface area (Å²) in [5.41, 5.74) is 2.42. The molecule has 0 spiro atoms. The molecule has 2 aromatic rings. The second kappa shape index (κ2) is 3.12. The Morgan fingerprint density at radius 3 is 2.93 bits per heavy atom. The van der Waals surface area contributed by atoms with Crippen molar-refractivity contribution in [3.8, 4) is 0 Å². The summed E-state index contributed by atoms with van der Waals surface area (Å²) in [6.45, 7) is 0. The summed E-state index contributed by atoms with van der Waals surface area (Å²) in [5, 5.41) is 1.24. The van der Waals surface area contributed by atoms with Gasteiger partial charge in [0.2, 0.25) is 0 Å². The van der Waals surface area contributed by atoms with Crippen molar-refractivity contribution in [3.63, 3.8) is 0 Å². The van der Waals surface area contributed by atoms with Crippen LogP contribution in [0.25, 0.3) is 11.0 Å². The molecule has 2 nitrogen and oxygen atoms in total. The molecule has 2 aromatic heterocycles. The van der Waals surface area contributed by atoms with Crippen LogP contribution >= 0.6 is 0 Å². The fourth-order valence-corrected chi connectivity index (χ4v) is 2.44. The second-order valence-electron chi connectivity index (χ2n) is 4.15. The van der Waals surface area contributed by atoms with E-state index in [4.69, 9.17) is 0 Å². The minimum absolute atomic E-state index is 0.754. The van der Waals surface area contributed by atoms with Crippen molar-refractivity contribution in [3.05, 3.63) is 30.1 Å². The van der Waals surface area contributed by atoms with E-state index in [0.717, 1.165) is 11.6 Å². The molecule has 1 aliphatic rings. The van der Waals surface area contributed by atoms with E-state index in [1.165, 1.54) is 36.8 Å². The molecule has 14 heavy (non-hydrogen) atoms. The Morgan fingerprint density at radius 1 is 1.29 bits per heavy atom. The van der Waals surface area contributed by atoms with E-state index in [-0.39, 0.29) is 0 Å². The average Bonchev–Trinajstić information content (AvgIpc) is 2.86. The monoisotopic (exact) mass is 186 g/mol. The molecule has 72 valence electrons. The van der Waals surface area contributed by atoms with E-state index in [1.54, 1.807) is 0 Å². The highest BCUT2D eigenvalue weighted by Gasteiger charge is 2.18. The molecule has 0 aromatic carbocycles. The van der Waals surface area contributed by atoms with Gasteiger partial charge < -0.3 is 4.98 Å². The maximum atomic E-state index is 4.32. The van der Waals surface area contributed by atoms with Crippen LogP contribution in [0.5, 0.6) is 0 Å². The molecule has 0 atom stereocenters. The first-order chi connectivity index (χ1) is 6.93. The molecular formula is C12H14N2. The summed E-state index contributed by atoms with van der Waals surface area (Å²) in [6, 6.07) is 6.38. The second-order valence-corrected chi connectivity index (χ2v) is 4.15. The van der Waals surface area contributed by atoms with E-state index < -0.39 is 0 Å². The van der Waals surface area contributed by atoms with Gasteiger partial charge in [-0.2, -0.15) is 0 Å². The fraction of sp³-hybridized carbons (Fsp3) is 0.417. The molecule has 2 heterocycles. The number of nitrogens with zero attached hydrogens (tertiary/aromatic N) is 1. The van der Waals surface area contributed by atoms with Gasteiger partial charge in [0, 0.05) is 17.3 Å². The molecule has 1 aliphatic carbocycles. The molecule has 2 heteroatoms. The molecule has 0 radical (unpaired) electrons. The van der Waals surface area contributed by atoms with Crippen LogP contribution in [0.1, 0.15) is 37.3 Å². The summed E-state index contributed by atoms with van der Waals surface area (Å²) in [7, 11) is 0. The zero-order valence-electron chi connectivity index (χ0n) is 8.16. The number of pyridine rings is 1. The van der Waals surface area contributed by atoms with E-state index in [9.17, 15) is 0 Å². The molecule has 1 fully saturated rings. The maximum Gasteiger partial charge on any atom is 0.137 e. The lowest BCUT2D eigenvalue weighted by molar-refractivity contribution is 0.704. The van der Waals surface area contributed by atoms with E-state index in [0.29, 0.717) is 0 Å². The Bertz CT molecular complexity index is 405. The van der Waals surface area contributed by atoms with Crippen LogP contribution in [-0.4, -0.2) is 9.97 Å². The summed E-state index contributed by atoms with van der Waals surface area (Å²) in [5.74, 6) is 0.754.